The van der Waals surface area contributed by atoms with Crippen molar-refractivity contribution in [1.82, 2.24) is 5.32 Å². The fraction of sp³-hybridized carbons (Fsp3) is 0.250. The third kappa shape index (κ3) is 4.43. The second-order valence-corrected chi connectivity index (χ2v) is 9.06. The molecular weight excluding hydrogens is 430 g/mol. The lowest BCUT2D eigenvalue weighted by atomic mass is 9.78. The van der Waals surface area contributed by atoms with Crippen LogP contribution in [0.15, 0.2) is 66.7 Å². The number of hydrogen-bond acceptors (Lipinski definition) is 6. The maximum atomic E-state index is 12.1. The third-order valence-electron chi connectivity index (χ3n) is 5.62. The van der Waals surface area contributed by atoms with Gasteiger partial charge in [0.2, 0.25) is 0 Å². The molecule has 0 saturated carbocycles. The van der Waals surface area contributed by atoms with Crippen LogP contribution in [0.3, 0.4) is 0 Å². The predicted molar refractivity (Wildman–Crippen MR) is 121 cm³/mol. The van der Waals surface area contributed by atoms with Crippen LogP contribution >= 0.6 is 0 Å². The Morgan fingerprint density at radius 1 is 0.938 bits per heavy atom. The minimum Gasteiger partial charge on any atom is -0.493 e. The zero-order chi connectivity index (χ0) is 22.8. The van der Waals surface area contributed by atoms with E-state index in [0.717, 1.165) is 11.1 Å². The SMILES string of the molecule is COc1cc2c(cc1OC)C(CS(=O)(=O)O)(c1ccc(Oc3ccccc3)cc1)NCC2. The minimum absolute atomic E-state index is 0.485. The van der Waals surface area contributed by atoms with Gasteiger partial charge in [0.1, 0.15) is 17.3 Å². The first-order valence-corrected chi connectivity index (χ1v) is 11.7. The van der Waals surface area contributed by atoms with E-state index in [-0.39, 0.29) is 0 Å². The summed E-state index contributed by atoms with van der Waals surface area (Å²) in [4.78, 5) is 0. The van der Waals surface area contributed by atoms with Gasteiger partial charge in [0, 0.05) is 6.54 Å². The second-order valence-electron chi connectivity index (χ2n) is 7.61. The molecule has 1 aliphatic rings. The van der Waals surface area contributed by atoms with Crippen molar-refractivity contribution in [2.24, 2.45) is 0 Å². The van der Waals surface area contributed by atoms with Crippen LogP contribution in [0.1, 0.15) is 16.7 Å². The van der Waals surface area contributed by atoms with Gasteiger partial charge in [0.25, 0.3) is 10.1 Å². The molecule has 3 aromatic rings. The van der Waals surface area contributed by atoms with E-state index in [0.29, 0.717) is 41.5 Å². The van der Waals surface area contributed by atoms with Crippen LogP contribution in [0, 0.1) is 0 Å². The Balaban J connectivity index is 1.81. The van der Waals surface area contributed by atoms with Gasteiger partial charge in [-0.1, -0.05) is 30.3 Å². The van der Waals surface area contributed by atoms with Crippen molar-refractivity contribution in [3.63, 3.8) is 0 Å². The second kappa shape index (κ2) is 8.82. The molecule has 0 spiro atoms. The van der Waals surface area contributed by atoms with E-state index in [1.807, 2.05) is 48.5 Å². The summed E-state index contributed by atoms with van der Waals surface area (Å²) >= 11 is 0. The van der Waals surface area contributed by atoms with Crippen molar-refractivity contribution >= 4 is 10.1 Å². The molecule has 3 aromatic carbocycles. The number of para-hydroxylation sites is 1. The Morgan fingerprint density at radius 3 is 2.19 bits per heavy atom. The first-order valence-electron chi connectivity index (χ1n) is 10.1. The standard InChI is InChI=1S/C24H25NO6S/c1-29-22-14-17-12-13-25-24(16-32(26,27)28,21(17)15-23(22)30-2)18-8-10-20(11-9-18)31-19-6-4-3-5-7-19/h3-11,14-15,25H,12-13,16H2,1-2H3,(H,26,27,28). The zero-order valence-corrected chi connectivity index (χ0v) is 18.7. The lowest BCUT2D eigenvalue weighted by molar-refractivity contribution is 0.347. The number of ether oxygens (including phenoxy) is 3. The molecule has 1 heterocycles. The Hall–Kier alpha value is -3.07. The average molecular weight is 456 g/mol. The number of hydrogen-bond donors (Lipinski definition) is 2. The first-order chi connectivity index (χ1) is 15.3. The van der Waals surface area contributed by atoms with E-state index in [9.17, 15) is 13.0 Å². The highest BCUT2D eigenvalue weighted by atomic mass is 32.2. The monoisotopic (exact) mass is 455 g/mol. The van der Waals surface area contributed by atoms with Crippen molar-refractivity contribution in [3.05, 3.63) is 83.4 Å². The predicted octanol–water partition coefficient (Wildman–Crippen LogP) is 3.77. The van der Waals surface area contributed by atoms with Crippen molar-refractivity contribution in [1.29, 1.82) is 0 Å². The topological polar surface area (TPSA) is 94.1 Å². The molecule has 1 aliphatic heterocycles. The molecule has 0 bridgehead atoms. The van der Waals surface area contributed by atoms with Gasteiger partial charge < -0.3 is 19.5 Å². The van der Waals surface area contributed by atoms with Gasteiger partial charge in [-0.3, -0.25) is 4.55 Å². The molecule has 8 heteroatoms. The molecule has 1 unspecified atom stereocenters. The highest BCUT2D eigenvalue weighted by Gasteiger charge is 2.42. The van der Waals surface area contributed by atoms with Gasteiger partial charge in [0.15, 0.2) is 11.5 Å². The molecule has 0 fully saturated rings. The van der Waals surface area contributed by atoms with Crippen LogP contribution in [-0.2, 0) is 22.1 Å². The lowest BCUT2D eigenvalue weighted by Gasteiger charge is -2.40. The van der Waals surface area contributed by atoms with Gasteiger partial charge in [-0.05, 0) is 59.5 Å². The third-order valence-corrected chi connectivity index (χ3v) is 6.41. The van der Waals surface area contributed by atoms with Crippen LogP contribution in [0.5, 0.6) is 23.0 Å². The summed E-state index contributed by atoms with van der Waals surface area (Å²) in [7, 11) is -1.25. The summed E-state index contributed by atoms with van der Waals surface area (Å²) in [6.07, 6.45) is 0.679. The molecule has 0 saturated heterocycles. The number of fused-ring (bicyclic) bond motifs is 1. The van der Waals surface area contributed by atoms with Crippen LogP contribution in [0.4, 0.5) is 0 Å². The van der Waals surface area contributed by atoms with E-state index in [1.54, 1.807) is 25.3 Å². The molecule has 2 N–H and O–H groups in total. The summed E-state index contributed by atoms with van der Waals surface area (Å²) in [5.74, 6) is 1.84. The number of nitrogens with one attached hydrogen (secondary N) is 1. The van der Waals surface area contributed by atoms with E-state index in [2.05, 4.69) is 5.32 Å². The fourth-order valence-corrected chi connectivity index (χ4v) is 5.18. The molecule has 1 atom stereocenters. The number of rotatable bonds is 7. The van der Waals surface area contributed by atoms with E-state index >= 15 is 0 Å². The minimum atomic E-state index is -4.33. The number of benzene rings is 3. The Labute approximate surface area is 187 Å². The molecule has 0 aromatic heterocycles. The van der Waals surface area contributed by atoms with Crippen LogP contribution in [-0.4, -0.2) is 39.5 Å². The molecule has 32 heavy (non-hydrogen) atoms. The van der Waals surface area contributed by atoms with Gasteiger partial charge in [-0.2, -0.15) is 8.42 Å². The largest absolute Gasteiger partial charge is 0.493 e. The molecule has 0 aliphatic carbocycles. The lowest BCUT2D eigenvalue weighted by Crippen LogP contribution is -2.52. The maximum absolute atomic E-state index is 12.1. The van der Waals surface area contributed by atoms with Crippen molar-refractivity contribution in [2.45, 2.75) is 12.0 Å². The molecule has 0 amide bonds. The molecular formula is C24H25NO6S. The van der Waals surface area contributed by atoms with E-state index in [1.165, 1.54) is 7.11 Å². The van der Waals surface area contributed by atoms with Gasteiger partial charge >= 0.3 is 0 Å². The molecule has 7 nitrogen and oxygen atoms in total. The van der Waals surface area contributed by atoms with E-state index in [4.69, 9.17) is 14.2 Å². The van der Waals surface area contributed by atoms with Crippen molar-refractivity contribution in [3.8, 4) is 23.0 Å². The normalized spacial score (nSPS) is 18.0. The van der Waals surface area contributed by atoms with Crippen molar-refractivity contribution < 1.29 is 27.2 Å². The first kappa shape index (κ1) is 22.1. The van der Waals surface area contributed by atoms with Crippen LogP contribution < -0.4 is 19.5 Å². The van der Waals surface area contributed by atoms with Crippen LogP contribution in [0.2, 0.25) is 0 Å². The highest BCUT2D eigenvalue weighted by Crippen LogP contribution is 2.42. The zero-order valence-electron chi connectivity index (χ0n) is 17.9. The summed E-state index contributed by atoms with van der Waals surface area (Å²) in [6, 6.07) is 20.2. The van der Waals surface area contributed by atoms with Gasteiger partial charge in [0.05, 0.1) is 19.8 Å². The molecule has 4 rings (SSSR count). The summed E-state index contributed by atoms with van der Waals surface area (Å²) in [6.45, 7) is 0.528. The number of methoxy groups -OCH3 is 2. The smallest absolute Gasteiger partial charge is 0.267 e. The summed E-state index contributed by atoms with van der Waals surface area (Å²) in [5, 5.41) is 3.34. The van der Waals surface area contributed by atoms with Gasteiger partial charge in [-0.15, -0.1) is 0 Å². The van der Waals surface area contributed by atoms with E-state index < -0.39 is 21.4 Å². The Kier molecular flexibility index (Phi) is 6.10. The maximum Gasteiger partial charge on any atom is 0.267 e. The molecule has 0 radical (unpaired) electrons. The highest BCUT2D eigenvalue weighted by molar-refractivity contribution is 7.85. The Bertz CT molecular complexity index is 1200. The molecule has 168 valence electrons. The van der Waals surface area contributed by atoms with Crippen molar-refractivity contribution in [2.75, 3.05) is 26.5 Å². The summed E-state index contributed by atoms with van der Waals surface area (Å²) < 4.78 is 50.8. The summed E-state index contributed by atoms with van der Waals surface area (Å²) in [5.41, 5.74) is 1.17. The van der Waals surface area contributed by atoms with Crippen LogP contribution in [0.25, 0.3) is 0 Å². The van der Waals surface area contributed by atoms with Gasteiger partial charge in [-0.25, -0.2) is 0 Å². The quantitative estimate of drug-likeness (QED) is 0.524. The Morgan fingerprint density at radius 2 is 1.56 bits per heavy atom. The fourth-order valence-electron chi connectivity index (χ4n) is 4.21. The average Bonchev–Trinajstić information content (AvgIpc) is 2.78.